The van der Waals surface area contributed by atoms with Crippen molar-refractivity contribution in [2.24, 2.45) is 5.73 Å². The summed E-state index contributed by atoms with van der Waals surface area (Å²) in [6.07, 6.45) is 6.81. The maximum absolute atomic E-state index is 11.7. The van der Waals surface area contributed by atoms with Crippen LogP contribution in [0.2, 0.25) is 0 Å². The zero-order chi connectivity index (χ0) is 14.4. The number of rotatable bonds is 1. The van der Waals surface area contributed by atoms with Crippen LogP contribution in [-0.4, -0.2) is 60.5 Å². The Kier molecular flexibility index (Phi) is 5.64. The molecule has 1 atom stereocenters. The van der Waals surface area contributed by atoms with E-state index in [1.165, 1.54) is 12.8 Å². The van der Waals surface area contributed by atoms with Gasteiger partial charge in [0.05, 0.1) is 6.04 Å². The van der Waals surface area contributed by atoms with Crippen LogP contribution >= 0.6 is 0 Å². The third-order valence-corrected chi connectivity index (χ3v) is 4.19. The molecule has 6 heteroatoms. The first-order valence-electron chi connectivity index (χ1n) is 7.75. The standard InChI is InChI=1S/C9H16N2O.C5H10N2O/c12-9(8-4-3-5-10-8)11-6-1-2-7-11;6-5(8)7-3-1-2-4-7/h8,10H,1-7H2;1-4H2,(H2,6,8)/t8-;/m0./s1. The molecule has 0 radical (unpaired) electrons. The quantitative estimate of drug-likeness (QED) is 0.736. The lowest BCUT2D eigenvalue weighted by atomic mass is 10.2. The molecule has 3 amide bonds. The summed E-state index contributed by atoms with van der Waals surface area (Å²) >= 11 is 0. The first-order valence-corrected chi connectivity index (χ1v) is 7.75. The fraction of sp³-hybridized carbons (Fsp3) is 0.857. The number of nitrogens with zero attached hydrogens (tertiary/aromatic N) is 2. The predicted octanol–water partition coefficient (Wildman–Crippen LogP) is 0.522. The molecular weight excluding hydrogens is 256 g/mol. The Hall–Kier alpha value is -1.30. The van der Waals surface area contributed by atoms with E-state index in [0.29, 0.717) is 5.91 Å². The van der Waals surface area contributed by atoms with E-state index < -0.39 is 0 Å². The van der Waals surface area contributed by atoms with Crippen molar-refractivity contribution in [2.45, 2.75) is 44.6 Å². The van der Waals surface area contributed by atoms with E-state index in [0.717, 1.165) is 58.4 Å². The Bertz CT molecular complexity index is 312. The molecule has 0 bridgehead atoms. The molecule has 20 heavy (non-hydrogen) atoms. The van der Waals surface area contributed by atoms with Gasteiger partial charge < -0.3 is 20.9 Å². The van der Waals surface area contributed by atoms with E-state index in [2.05, 4.69) is 5.32 Å². The number of amides is 3. The second-order valence-electron chi connectivity index (χ2n) is 5.71. The summed E-state index contributed by atoms with van der Waals surface area (Å²) in [6, 6.07) is -0.134. The Morgan fingerprint density at radius 1 is 0.900 bits per heavy atom. The predicted molar refractivity (Wildman–Crippen MR) is 77.2 cm³/mol. The summed E-state index contributed by atoms with van der Waals surface area (Å²) in [7, 11) is 0. The van der Waals surface area contributed by atoms with Crippen molar-refractivity contribution in [1.29, 1.82) is 0 Å². The molecule has 3 aliphatic rings. The van der Waals surface area contributed by atoms with Crippen LogP contribution in [0.5, 0.6) is 0 Å². The van der Waals surface area contributed by atoms with Gasteiger partial charge in [0.2, 0.25) is 5.91 Å². The minimum Gasteiger partial charge on any atom is -0.351 e. The monoisotopic (exact) mass is 282 g/mol. The first-order chi connectivity index (χ1) is 9.68. The molecule has 0 aromatic rings. The van der Waals surface area contributed by atoms with Crippen molar-refractivity contribution in [1.82, 2.24) is 15.1 Å². The van der Waals surface area contributed by atoms with Crippen LogP contribution in [0.1, 0.15) is 38.5 Å². The van der Waals surface area contributed by atoms with Gasteiger partial charge in [-0.3, -0.25) is 4.79 Å². The van der Waals surface area contributed by atoms with E-state index in [1.54, 1.807) is 4.90 Å². The zero-order valence-corrected chi connectivity index (χ0v) is 12.1. The average molecular weight is 282 g/mol. The van der Waals surface area contributed by atoms with E-state index in [4.69, 9.17) is 5.73 Å². The molecule has 3 heterocycles. The fourth-order valence-electron chi connectivity index (χ4n) is 2.99. The molecule has 0 aromatic carbocycles. The molecule has 0 aliphatic carbocycles. The molecule has 3 fully saturated rings. The molecule has 6 nitrogen and oxygen atoms in total. The Balaban J connectivity index is 0.000000160. The van der Waals surface area contributed by atoms with Gasteiger partial charge in [0.15, 0.2) is 0 Å². The van der Waals surface area contributed by atoms with Gasteiger partial charge in [0, 0.05) is 26.2 Å². The van der Waals surface area contributed by atoms with Crippen LogP contribution in [0.3, 0.4) is 0 Å². The summed E-state index contributed by atoms with van der Waals surface area (Å²) in [5.41, 5.74) is 4.98. The van der Waals surface area contributed by atoms with Crippen molar-refractivity contribution < 1.29 is 9.59 Å². The van der Waals surface area contributed by atoms with Crippen molar-refractivity contribution >= 4 is 11.9 Å². The maximum Gasteiger partial charge on any atom is 0.314 e. The summed E-state index contributed by atoms with van der Waals surface area (Å²) in [5, 5.41) is 3.24. The van der Waals surface area contributed by atoms with Gasteiger partial charge >= 0.3 is 6.03 Å². The molecule has 3 saturated heterocycles. The van der Waals surface area contributed by atoms with E-state index >= 15 is 0 Å². The molecule has 0 aromatic heterocycles. The van der Waals surface area contributed by atoms with Gasteiger partial charge in [-0.2, -0.15) is 0 Å². The molecule has 0 spiro atoms. The number of nitrogens with two attached hydrogens (primary N) is 1. The largest absolute Gasteiger partial charge is 0.351 e. The number of carbonyl (C=O) groups excluding carboxylic acids is 2. The molecular formula is C14H26N4O2. The number of hydrogen-bond donors (Lipinski definition) is 2. The summed E-state index contributed by atoms with van der Waals surface area (Å²) in [5.74, 6) is 0.338. The third-order valence-electron chi connectivity index (χ3n) is 4.19. The lowest BCUT2D eigenvalue weighted by molar-refractivity contribution is -0.131. The lowest BCUT2D eigenvalue weighted by Crippen LogP contribution is -2.42. The fourth-order valence-corrected chi connectivity index (χ4v) is 2.99. The van der Waals surface area contributed by atoms with Crippen molar-refractivity contribution in [3.05, 3.63) is 0 Å². The Morgan fingerprint density at radius 2 is 1.45 bits per heavy atom. The zero-order valence-electron chi connectivity index (χ0n) is 12.1. The van der Waals surface area contributed by atoms with E-state index in [9.17, 15) is 9.59 Å². The van der Waals surface area contributed by atoms with Crippen LogP contribution < -0.4 is 11.1 Å². The number of urea groups is 1. The molecule has 3 N–H and O–H groups in total. The summed E-state index contributed by atoms with van der Waals surface area (Å²) in [6.45, 7) is 4.70. The minimum absolute atomic E-state index is 0.142. The number of likely N-dealkylation sites (tertiary alicyclic amines) is 2. The third kappa shape index (κ3) is 4.10. The summed E-state index contributed by atoms with van der Waals surface area (Å²) < 4.78 is 0. The van der Waals surface area contributed by atoms with Crippen LogP contribution in [0.4, 0.5) is 4.79 Å². The van der Waals surface area contributed by atoms with Crippen LogP contribution in [0.25, 0.3) is 0 Å². The highest BCUT2D eigenvalue weighted by atomic mass is 16.2. The molecule has 3 aliphatic heterocycles. The number of carbonyl (C=O) groups is 2. The molecule has 3 rings (SSSR count). The smallest absolute Gasteiger partial charge is 0.314 e. The van der Waals surface area contributed by atoms with Crippen molar-refractivity contribution in [3.8, 4) is 0 Å². The minimum atomic E-state index is -0.275. The van der Waals surface area contributed by atoms with Crippen molar-refractivity contribution in [2.75, 3.05) is 32.7 Å². The lowest BCUT2D eigenvalue weighted by Gasteiger charge is -2.19. The number of nitrogens with one attached hydrogen (secondary N) is 1. The normalized spacial score (nSPS) is 25.5. The van der Waals surface area contributed by atoms with Gasteiger partial charge in [0.1, 0.15) is 0 Å². The van der Waals surface area contributed by atoms with Gasteiger partial charge in [-0.25, -0.2) is 4.79 Å². The molecule has 0 saturated carbocycles. The molecule has 0 unspecified atom stereocenters. The van der Waals surface area contributed by atoms with E-state index in [-0.39, 0.29) is 12.1 Å². The van der Waals surface area contributed by atoms with Crippen LogP contribution in [0.15, 0.2) is 0 Å². The van der Waals surface area contributed by atoms with Crippen LogP contribution in [0, 0.1) is 0 Å². The highest BCUT2D eigenvalue weighted by Gasteiger charge is 2.27. The summed E-state index contributed by atoms with van der Waals surface area (Å²) in [4.78, 5) is 25.7. The average Bonchev–Trinajstić information content (AvgIpc) is 3.19. The highest BCUT2D eigenvalue weighted by Crippen LogP contribution is 2.13. The number of primary amides is 1. The van der Waals surface area contributed by atoms with Crippen molar-refractivity contribution in [3.63, 3.8) is 0 Å². The molecule has 114 valence electrons. The Labute approximate surface area is 120 Å². The topological polar surface area (TPSA) is 78.7 Å². The second-order valence-corrected chi connectivity index (χ2v) is 5.71. The maximum atomic E-state index is 11.7. The Morgan fingerprint density at radius 3 is 1.85 bits per heavy atom. The SMILES string of the molecule is NC(=O)N1CCCC1.O=C([C@@H]1CCCN1)N1CCCC1. The van der Waals surface area contributed by atoms with Gasteiger partial charge in [0.25, 0.3) is 0 Å². The van der Waals surface area contributed by atoms with E-state index in [1.807, 2.05) is 4.90 Å². The first kappa shape index (κ1) is 15.1. The van der Waals surface area contributed by atoms with Crippen LogP contribution in [-0.2, 0) is 4.79 Å². The highest BCUT2D eigenvalue weighted by molar-refractivity contribution is 5.82. The van der Waals surface area contributed by atoms with Gasteiger partial charge in [-0.1, -0.05) is 0 Å². The number of hydrogen-bond acceptors (Lipinski definition) is 3. The second kappa shape index (κ2) is 7.47. The van der Waals surface area contributed by atoms with Gasteiger partial charge in [-0.05, 0) is 45.1 Å². The van der Waals surface area contributed by atoms with Gasteiger partial charge in [-0.15, -0.1) is 0 Å².